The summed E-state index contributed by atoms with van der Waals surface area (Å²) in [6, 6.07) is 0.536. The SMILES string of the molecule is C=C(C)CC(CC(=C)C)NCCCCCCCCCCCC. The fourth-order valence-corrected chi connectivity index (χ4v) is 2.98. The molecule has 0 saturated carbocycles. The zero-order valence-electron chi connectivity index (χ0n) is 15.7. The molecule has 0 radical (unpaired) electrons. The maximum atomic E-state index is 4.04. The Morgan fingerprint density at radius 2 is 1.14 bits per heavy atom. The fourth-order valence-electron chi connectivity index (χ4n) is 2.98. The minimum absolute atomic E-state index is 0.536. The summed E-state index contributed by atoms with van der Waals surface area (Å²) in [5.41, 5.74) is 2.53. The molecular formula is C21H41N. The van der Waals surface area contributed by atoms with E-state index in [1.165, 1.54) is 75.4 Å². The summed E-state index contributed by atoms with van der Waals surface area (Å²) in [7, 11) is 0. The Labute approximate surface area is 140 Å². The van der Waals surface area contributed by atoms with Crippen LogP contribution in [0.3, 0.4) is 0 Å². The first-order valence-corrected chi connectivity index (χ1v) is 9.58. The van der Waals surface area contributed by atoms with Crippen LogP contribution in [0, 0.1) is 0 Å². The molecule has 0 aliphatic heterocycles. The summed E-state index contributed by atoms with van der Waals surface area (Å²) in [4.78, 5) is 0. The van der Waals surface area contributed by atoms with Crippen molar-refractivity contribution in [2.24, 2.45) is 0 Å². The lowest BCUT2D eigenvalue weighted by molar-refractivity contribution is 0.479. The lowest BCUT2D eigenvalue weighted by Gasteiger charge is -2.19. The fraction of sp³-hybridized carbons (Fsp3) is 0.810. The Hall–Kier alpha value is -0.560. The Kier molecular flexibility index (Phi) is 14.9. The predicted octanol–water partition coefficient (Wildman–Crippen LogP) is 6.80. The van der Waals surface area contributed by atoms with E-state index >= 15 is 0 Å². The van der Waals surface area contributed by atoms with Crippen molar-refractivity contribution in [1.29, 1.82) is 0 Å². The average Bonchev–Trinajstić information content (AvgIpc) is 2.43. The summed E-state index contributed by atoms with van der Waals surface area (Å²) in [5.74, 6) is 0. The van der Waals surface area contributed by atoms with Gasteiger partial charge in [-0.1, -0.05) is 75.9 Å². The number of hydrogen-bond donors (Lipinski definition) is 1. The monoisotopic (exact) mass is 307 g/mol. The van der Waals surface area contributed by atoms with Crippen LogP contribution in [0.15, 0.2) is 24.3 Å². The van der Waals surface area contributed by atoms with Crippen LogP contribution in [0.25, 0.3) is 0 Å². The van der Waals surface area contributed by atoms with Crippen molar-refractivity contribution in [2.75, 3.05) is 6.54 Å². The number of unbranched alkanes of at least 4 members (excludes halogenated alkanes) is 9. The summed E-state index contributed by atoms with van der Waals surface area (Å²) >= 11 is 0. The molecule has 0 rings (SSSR count). The first kappa shape index (κ1) is 21.4. The standard InChI is InChI=1S/C21H41N/c1-6-7-8-9-10-11-12-13-14-15-16-22-21(17-19(2)3)18-20(4)5/h21-22H,2,4,6-18H2,1,3,5H3. The zero-order chi connectivity index (χ0) is 16.6. The maximum Gasteiger partial charge on any atom is 0.0141 e. The van der Waals surface area contributed by atoms with Crippen LogP contribution < -0.4 is 5.32 Å². The second-order valence-corrected chi connectivity index (χ2v) is 7.16. The van der Waals surface area contributed by atoms with Crippen molar-refractivity contribution >= 4 is 0 Å². The van der Waals surface area contributed by atoms with Crippen molar-refractivity contribution in [1.82, 2.24) is 5.32 Å². The Bertz CT molecular complexity index is 264. The van der Waals surface area contributed by atoms with E-state index < -0.39 is 0 Å². The van der Waals surface area contributed by atoms with Gasteiger partial charge >= 0.3 is 0 Å². The average molecular weight is 308 g/mol. The third-order valence-corrected chi connectivity index (χ3v) is 4.15. The van der Waals surface area contributed by atoms with Crippen LogP contribution in [0.4, 0.5) is 0 Å². The molecule has 0 spiro atoms. The topological polar surface area (TPSA) is 12.0 Å². The molecule has 130 valence electrons. The quantitative estimate of drug-likeness (QED) is 0.244. The van der Waals surface area contributed by atoms with E-state index in [1.807, 2.05) is 0 Å². The number of rotatable bonds is 16. The van der Waals surface area contributed by atoms with Crippen molar-refractivity contribution in [3.63, 3.8) is 0 Å². The van der Waals surface area contributed by atoms with Crippen LogP contribution >= 0.6 is 0 Å². The van der Waals surface area contributed by atoms with E-state index in [9.17, 15) is 0 Å². The molecule has 0 aromatic carbocycles. The van der Waals surface area contributed by atoms with Gasteiger partial charge < -0.3 is 5.32 Å². The molecule has 0 heterocycles. The van der Waals surface area contributed by atoms with E-state index in [0.29, 0.717) is 6.04 Å². The highest BCUT2D eigenvalue weighted by atomic mass is 14.9. The molecule has 0 bridgehead atoms. The lowest BCUT2D eigenvalue weighted by Crippen LogP contribution is -2.30. The van der Waals surface area contributed by atoms with Gasteiger partial charge in [0.05, 0.1) is 0 Å². The molecule has 22 heavy (non-hydrogen) atoms. The highest BCUT2D eigenvalue weighted by molar-refractivity contribution is 4.99. The van der Waals surface area contributed by atoms with Gasteiger partial charge in [0.15, 0.2) is 0 Å². The summed E-state index contributed by atoms with van der Waals surface area (Å²) in [6.07, 6.45) is 16.2. The molecule has 1 heteroatoms. The number of hydrogen-bond acceptors (Lipinski definition) is 1. The van der Waals surface area contributed by atoms with Gasteiger partial charge in [0.2, 0.25) is 0 Å². The van der Waals surface area contributed by atoms with Crippen molar-refractivity contribution in [3.8, 4) is 0 Å². The summed E-state index contributed by atoms with van der Waals surface area (Å²) < 4.78 is 0. The minimum atomic E-state index is 0.536. The first-order chi connectivity index (χ1) is 10.6. The molecule has 0 atom stereocenters. The maximum absolute atomic E-state index is 4.04. The zero-order valence-corrected chi connectivity index (χ0v) is 15.7. The van der Waals surface area contributed by atoms with Crippen molar-refractivity contribution in [3.05, 3.63) is 24.3 Å². The predicted molar refractivity (Wildman–Crippen MR) is 102 cm³/mol. The lowest BCUT2D eigenvalue weighted by atomic mass is 10.0. The normalized spacial score (nSPS) is 11.1. The molecular weight excluding hydrogens is 266 g/mol. The van der Waals surface area contributed by atoms with Gasteiger partial charge in [-0.2, -0.15) is 0 Å². The molecule has 1 nitrogen and oxygen atoms in total. The highest BCUT2D eigenvalue weighted by Gasteiger charge is 2.07. The van der Waals surface area contributed by atoms with Crippen LogP contribution in [-0.4, -0.2) is 12.6 Å². The number of nitrogens with one attached hydrogen (secondary N) is 1. The van der Waals surface area contributed by atoms with Crippen LogP contribution in [-0.2, 0) is 0 Å². The van der Waals surface area contributed by atoms with E-state index in [0.717, 1.165) is 19.4 Å². The van der Waals surface area contributed by atoms with E-state index in [2.05, 4.69) is 39.2 Å². The Balaban J connectivity index is 3.45. The highest BCUT2D eigenvalue weighted by Crippen LogP contribution is 2.12. The molecule has 0 fully saturated rings. The van der Waals surface area contributed by atoms with Gasteiger partial charge in [0.25, 0.3) is 0 Å². The molecule has 0 unspecified atom stereocenters. The van der Waals surface area contributed by atoms with Gasteiger partial charge in [-0.05, 0) is 39.7 Å². The molecule has 0 aromatic rings. The van der Waals surface area contributed by atoms with Crippen molar-refractivity contribution < 1.29 is 0 Å². The molecule has 0 aliphatic rings. The van der Waals surface area contributed by atoms with Gasteiger partial charge in [0, 0.05) is 6.04 Å². The third-order valence-electron chi connectivity index (χ3n) is 4.15. The smallest absolute Gasteiger partial charge is 0.0141 e. The molecule has 1 N–H and O–H groups in total. The summed E-state index contributed by atoms with van der Waals surface area (Å²) in [6.45, 7) is 15.7. The largest absolute Gasteiger partial charge is 0.313 e. The summed E-state index contributed by atoms with van der Waals surface area (Å²) in [5, 5.41) is 3.69. The van der Waals surface area contributed by atoms with Gasteiger partial charge in [-0.25, -0.2) is 0 Å². The Morgan fingerprint density at radius 1 is 0.727 bits per heavy atom. The van der Waals surface area contributed by atoms with Gasteiger partial charge in [0.1, 0.15) is 0 Å². The first-order valence-electron chi connectivity index (χ1n) is 9.58. The second-order valence-electron chi connectivity index (χ2n) is 7.16. The molecule has 0 amide bonds. The molecule has 0 saturated heterocycles. The molecule has 0 aromatic heterocycles. The third kappa shape index (κ3) is 15.8. The van der Waals surface area contributed by atoms with Crippen LogP contribution in [0.5, 0.6) is 0 Å². The van der Waals surface area contributed by atoms with Crippen molar-refractivity contribution in [2.45, 2.75) is 104 Å². The minimum Gasteiger partial charge on any atom is -0.313 e. The van der Waals surface area contributed by atoms with Crippen LogP contribution in [0.2, 0.25) is 0 Å². The van der Waals surface area contributed by atoms with Gasteiger partial charge in [-0.3, -0.25) is 0 Å². The van der Waals surface area contributed by atoms with Gasteiger partial charge in [-0.15, -0.1) is 13.2 Å². The second kappa shape index (κ2) is 15.3. The molecule has 0 aliphatic carbocycles. The van der Waals surface area contributed by atoms with E-state index in [4.69, 9.17) is 0 Å². The van der Waals surface area contributed by atoms with E-state index in [-0.39, 0.29) is 0 Å². The van der Waals surface area contributed by atoms with E-state index in [1.54, 1.807) is 0 Å². The Morgan fingerprint density at radius 3 is 1.55 bits per heavy atom. The van der Waals surface area contributed by atoms with Crippen LogP contribution in [0.1, 0.15) is 97.8 Å².